The smallest absolute Gasteiger partial charge is 0.416 e. The number of amides is 1. The topological polar surface area (TPSA) is 111 Å². The van der Waals surface area contributed by atoms with Gasteiger partial charge in [-0.15, -0.1) is 0 Å². The van der Waals surface area contributed by atoms with Crippen LogP contribution in [0.2, 0.25) is 0 Å². The number of carbonyl (C=O) groups excluding carboxylic acids is 1. The van der Waals surface area contributed by atoms with E-state index in [1.165, 1.54) is 18.2 Å². The Bertz CT molecular complexity index is 2330. The second-order valence-electron chi connectivity index (χ2n) is 14.4. The number of aromatic carboxylic acids is 1. The second kappa shape index (κ2) is 15.3. The predicted octanol–water partition coefficient (Wildman–Crippen LogP) is 8.27. The summed E-state index contributed by atoms with van der Waals surface area (Å²) in [7, 11) is -6.02. The number of halogens is 8. The molecule has 7 rings (SSSR count). The molecule has 0 radical (unpaired) electrons. The Morgan fingerprint density at radius 1 is 0.825 bits per heavy atom. The van der Waals surface area contributed by atoms with Crippen molar-refractivity contribution in [3.05, 3.63) is 117 Å². The predicted molar refractivity (Wildman–Crippen MR) is 189 cm³/mol. The molecule has 3 aliphatic rings. The fourth-order valence-electron chi connectivity index (χ4n) is 7.17. The minimum atomic E-state index is -6.02. The van der Waals surface area contributed by atoms with Gasteiger partial charge in [0, 0.05) is 43.4 Å². The standard InChI is InChI=1S/C39H34F8N4O5S/c40-32-33(41)35(43)37(36(44)34(32)42)57(55,56)50(19-26-17-48-10-9-29(26)39(45,46)47)20-31(52)51(30-8-7-24(38(53)54)16-28(30)23-5-6-23)18-21-13-25(22-3-4-22)15-27(14-21)49-11-1-2-12-49/h7-10,13-17,22-23H,1-6,11-12,18-20H2,(H,53,54). The molecule has 1 amide bonds. The van der Waals surface area contributed by atoms with Gasteiger partial charge in [0.15, 0.2) is 28.2 Å². The Kier molecular flexibility index (Phi) is 10.8. The van der Waals surface area contributed by atoms with E-state index < -0.39 is 86.3 Å². The minimum Gasteiger partial charge on any atom is -0.478 e. The largest absolute Gasteiger partial charge is 0.478 e. The van der Waals surface area contributed by atoms with Gasteiger partial charge in [-0.05, 0) is 109 Å². The third-order valence-electron chi connectivity index (χ3n) is 10.4. The van der Waals surface area contributed by atoms with Crippen molar-refractivity contribution in [1.29, 1.82) is 0 Å². The van der Waals surface area contributed by atoms with Gasteiger partial charge in [0.1, 0.15) is 0 Å². The van der Waals surface area contributed by atoms with Crippen LogP contribution < -0.4 is 9.80 Å². The van der Waals surface area contributed by atoms with Crippen molar-refractivity contribution in [2.45, 2.75) is 74.5 Å². The molecule has 1 N–H and O–H groups in total. The van der Waals surface area contributed by atoms with Gasteiger partial charge < -0.3 is 14.9 Å². The Balaban J connectivity index is 1.37. The zero-order chi connectivity index (χ0) is 41.0. The van der Waals surface area contributed by atoms with E-state index >= 15 is 8.78 Å². The van der Waals surface area contributed by atoms with E-state index in [9.17, 15) is 49.5 Å². The summed E-state index contributed by atoms with van der Waals surface area (Å²) in [6, 6.07) is 10.2. The molecule has 9 nitrogen and oxygen atoms in total. The van der Waals surface area contributed by atoms with Crippen LogP contribution in [0.5, 0.6) is 0 Å². The number of pyridine rings is 1. The van der Waals surface area contributed by atoms with Crippen molar-refractivity contribution in [1.82, 2.24) is 9.29 Å². The van der Waals surface area contributed by atoms with Gasteiger partial charge in [-0.2, -0.15) is 17.5 Å². The van der Waals surface area contributed by atoms with Crippen LogP contribution in [0.1, 0.15) is 88.5 Å². The van der Waals surface area contributed by atoms with Crippen molar-refractivity contribution in [3.63, 3.8) is 0 Å². The molecule has 0 unspecified atom stereocenters. The molecule has 1 aromatic heterocycles. The fourth-order valence-corrected chi connectivity index (χ4v) is 8.65. The minimum absolute atomic E-state index is 0.0917. The SMILES string of the molecule is O=C(O)c1ccc(N(Cc2cc(C3CC3)cc(N3CCCC3)c2)C(=O)CN(Cc2cnccc2C(F)(F)F)S(=O)(=O)c2c(F)c(F)c(F)c(F)c2F)c(C2CC2)c1. The number of alkyl halides is 3. The quantitative estimate of drug-likeness (QED) is 0.0822. The molecule has 4 aromatic rings. The summed E-state index contributed by atoms with van der Waals surface area (Å²) < 4.78 is 144. The van der Waals surface area contributed by atoms with Gasteiger partial charge in [-0.25, -0.2) is 35.2 Å². The van der Waals surface area contributed by atoms with Gasteiger partial charge >= 0.3 is 12.1 Å². The summed E-state index contributed by atoms with van der Waals surface area (Å²) >= 11 is 0. The first kappa shape index (κ1) is 40.1. The zero-order valence-corrected chi connectivity index (χ0v) is 30.7. The van der Waals surface area contributed by atoms with Crippen LogP contribution in [0, 0.1) is 29.1 Å². The number of hydrogen-bond donors (Lipinski definition) is 1. The Labute approximate surface area is 321 Å². The summed E-state index contributed by atoms with van der Waals surface area (Å²) in [5, 5.41) is 9.76. The summed E-state index contributed by atoms with van der Waals surface area (Å²) in [5.41, 5.74) is 0.512. The van der Waals surface area contributed by atoms with Crippen LogP contribution in [0.4, 0.5) is 46.5 Å². The highest BCUT2D eigenvalue weighted by Crippen LogP contribution is 2.46. The number of benzene rings is 3. The monoisotopic (exact) mass is 822 g/mol. The Hall–Kier alpha value is -5.10. The van der Waals surface area contributed by atoms with E-state index in [1.807, 2.05) is 12.1 Å². The average molecular weight is 823 g/mol. The first-order chi connectivity index (χ1) is 26.9. The molecule has 2 heterocycles. The number of carboxylic acids is 1. The highest BCUT2D eigenvalue weighted by atomic mass is 32.2. The molecule has 2 aliphatic carbocycles. The number of aromatic nitrogens is 1. The van der Waals surface area contributed by atoms with Crippen molar-refractivity contribution < 1.29 is 58.2 Å². The molecule has 0 atom stereocenters. The van der Waals surface area contributed by atoms with Gasteiger partial charge in [0.25, 0.3) is 0 Å². The fraction of sp³-hybridized carbons (Fsp3) is 0.359. The maximum Gasteiger partial charge on any atom is 0.416 e. The van der Waals surface area contributed by atoms with Crippen molar-refractivity contribution >= 4 is 33.3 Å². The van der Waals surface area contributed by atoms with Crippen LogP contribution >= 0.6 is 0 Å². The molecule has 0 bridgehead atoms. The van der Waals surface area contributed by atoms with Gasteiger partial charge in [0.2, 0.25) is 21.7 Å². The molecule has 0 spiro atoms. The van der Waals surface area contributed by atoms with Crippen LogP contribution in [0.15, 0.2) is 59.8 Å². The van der Waals surface area contributed by atoms with Gasteiger partial charge in [-0.3, -0.25) is 9.78 Å². The lowest BCUT2D eigenvalue weighted by molar-refractivity contribution is -0.138. The maximum atomic E-state index is 15.2. The van der Waals surface area contributed by atoms with Crippen molar-refractivity contribution in [2.75, 3.05) is 29.4 Å². The third-order valence-corrected chi connectivity index (χ3v) is 12.2. The van der Waals surface area contributed by atoms with E-state index in [0.717, 1.165) is 61.1 Å². The second-order valence-corrected chi connectivity index (χ2v) is 16.3. The number of anilines is 2. The van der Waals surface area contributed by atoms with Crippen LogP contribution in [-0.2, 0) is 34.1 Å². The number of carbonyl (C=O) groups is 2. The van der Waals surface area contributed by atoms with Crippen molar-refractivity contribution in [2.24, 2.45) is 0 Å². The Morgan fingerprint density at radius 2 is 1.46 bits per heavy atom. The number of carboxylic acid groups (broad SMARTS) is 1. The highest BCUT2D eigenvalue weighted by Gasteiger charge is 2.41. The lowest BCUT2D eigenvalue weighted by Crippen LogP contribution is -2.43. The third kappa shape index (κ3) is 8.19. The molecule has 302 valence electrons. The zero-order valence-electron chi connectivity index (χ0n) is 29.9. The number of sulfonamides is 1. The van der Waals surface area contributed by atoms with E-state index in [1.54, 1.807) is 0 Å². The van der Waals surface area contributed by atoms with Crippen LogP contribution in [-0.4, -0.2) is 54.3 Å². The molecule has 3 aromatic carbocycles. The van der Waals surface area contributed by atoms with Gasteiger partial charge in [0.05, 0.1) is 24.2 Å². The summed E-state index contributed by atoms with van der Waals surface area (Å²) in [5.74, 6) is -15.9. The Morgan fingerprint density at radius 3 is 2.05 bits per heavy atom. The first-order valence-electron chi connectivity index (χ1n) is 18.0. The molecule has 1 saturated heterocycles. The number of rotatable bonds is 13. The summed E-state index contributed by atoms with van der Waals surface area (Å²) in [6.07, 6.45) is 1.19. The molecular formula is C39H34F8N4O5S. The van der Waals surface area contributed by atoms with E-state index in [2.05, 4.69) is 16.0 Å². The normalized spacial score (nSPS) is 16.1. The van der Waals surface area contributed by atoms with Crippen molar-refractivity contribution in [3.8, 4) is 0 Å². The first-order valence-corrected chi connectivity index (χ1v) is 19.5. The van der Waals surface area contributed by atoms with Crippen LogP contribution in [0.3, 0.4) is 0 Å². The molecule has 2 saturated carbocycles. The van der Waals surface area contributed by atoms with Gasteiger partial charge in [-0.1, -0.05) is 6.07 Å². The maximum absolute atomic E-state index is 15.2. The molecule has 3 fully saturated rings. The molecular weight excluding hydrogens is 789 g/mol. The molecule has 57 heavy (non-hydrogen) atoms. The lowest BCUT2D eigenvalue weighted by Gasteiger charge is -2.30. The number of nitrogens with zero attached hydrogens (tertiary/aromatic N) is 4. The van der Waals surface area contributed by atoms with E-state index in [0.29, 0.717) is 36.2 Å². The van der Waals surface area contributed by atoms with Crippen LogP contribution in [0.25, 0.3) is 0 Å². The molecule has 18 heteroatoms. The van der Waals surface area contributed by atoms with E-state index in [-0.39, 0.29) is 33.9 Å². The average Bonchev–Trinajstić information content (AvgIpc) is 4.12. The highest BCUT2D eigenvalue weighted by molar-refractivity contribution is 7.89. The number of hydrogen-bond acceptors (Lipinski definition) is 6. The molecule has 1 aliphatic heterocycles. The lowest BCUT2D eigenvalue weighted by atomic mass is 10.0. The van der Waals surface area contributed by atoms with E-state index in [4.69, 9.17) is 0 Å². The summed E-state index contributed by atoms with van der Waals surface area (Å²) in [4.78, 5) is 31.2. The summed E-state index contributed by atoms with van der Waals surface area (Å²) in [6.45, 7) is -1.62.